The van der Waals surface area contributed by atoms with Crippen molar-refractivity contribution >= 4 is 0 Å². The maximum atomic E-state index is 9.59. The van der Waals surface area contributed by atoms with Gasteiger partial charge in [0.1, 0.15) is 0 Å². The van der Waals surface area contributed by atoms with Crippen LogP contribution in [0.3, 0.4) is 0 Å². The molecule has 3 unspecified atom stereocenters. The number of allylic oxidation sites excluding steroid dienone is 2. The average molecular weight is 170 g/mol. The van der Waals surface area contributed by atoms with E-state index in [1.807, 2.05) is 13.8 Å². The quantitative estimate of drug-likeness (QED) is 0.614. The van der Waals surface area contributed by atoms with Crippen LogP contribution in [0.2, 0.25) is 0 Å². The Morgan fingerprint density at radius 3 is 2.67 bits per heavy atom. The Morgan fingerprint density at radius 1 is 1.58 bits per heavy atom. The lowest BCUT2D eigenvalue weighted by Crippen LogP contribution is -2.40. The Hall–Kier alpha value is -0.340. The molecular weight excluding hydrogens is 152 g/mol. The Kier molecular flexibility index (Phi) is 2.91. The third kappa shape index (κ3) is 1.54. The van der Waals surface area contributed by atoms with Crippen LogP contribution in [0, 0.1) is 11.3 Å². The Bertz CT molecular complexity index is 175. The average Bonchev–Trinajstić information content (AvgIpc) is 2.05. The number of hydrogen-bond acceptors (Lipinski definition) is 2. The van der Waals surface area contributed by atoms with E-state index in [0.29, 0.717) is 0 Å². The molecule has 1 aliphatic carbocycles. The third-order valence-corrected chi connectivity index (χ3v) is 3.25. The molecule has 1 aliphatic rings. The number of aliphatic hydroxyl groups excluding tert-OH is 2. The summed E-state index contributed by atoms with van der Waals surface area (Å²) in [5.41, 5.74) is -0.135. The zero-order valence-electron chi connectivity index (χ0n) is 7.83. The molecule has 0 aliphatic heterocycles. The molecule has 1 rings (SSSR count). The van der Waals surface area contributed by atoms with Gasteiger partial charge in [-0.25, -0.2) is 0 Å². The Morgan fingerprint density at radius 2 is 2.25 bits per heavy atom. The molecule has 0 bridgehead atoms. The van der Waals surface area contributed by atoms with Crippen molar-refractivity contribution in [3.05, 3.63) is 12.2 Å². The third-order valence-electron chi connectivity index (χ3n) is 3.25. The van der Waals surface area contributed by atoms with Crippen LogP contribution < -0.4 is 0 Å². The molecule has 3 atom stereocenters. The fourth-order valence-electron chi connectivity index (χ4n) is 1.83. The number of rotatable bonds is 2. The fourth-order valence-corrected chi connectivity index (χ4v) is 1.83. The van der Waals surface area contributed by atoms with E-state index in [2.05, 4.69) is 12.2 Å². The van der Waals surface area contributed by atoms with E-state index in [0.717, 1.165) is 12.8 Å². The van der Waals surface area contributed by atoms with Crippen LogP contribution in [0.5, 0.6) is 0 Å². The first-order valence-electron chi connectivity index (χ1n) is 4.55. The second kappa shape index (κ2) is 3.58. The molecule has 0 aromatic carbocycles. The predicted octanol–water partition coefficient (Wildman–Crippen LogP) is 1.33. The molecule has 0 radical (unpaired) electrons. The minimum atomic E-state index is -0.348. The van der Waals surface area contributed by atoms with E-state index < -0.39 is 0 Å². The lowest BCUT2D eigenvalue weighted by Gasteiger charge is -2.40. The molecule has 0 aromatic rings. The number of hydrogen-bond donors (Lipinski definition) is 2. The molecule has 0 heterocycles. The summed E-state index contributed by atoms with van der Waals surface area (Å²) in [6.07, 6.45) is 5.59. The summed E-state index contributed by atoms with van der Waals surface area (Å²) in [7, 11) is 0. The smallest absolute Gasteiger partial charge is 0.0572 e. The van der Waals surface area contributed by atoms with Gasteiger partial charge in [0.2, 0.25) is 0 Å². The Labute approximate surface area is 73.9 Å². The summed E-state index contributed by atoms with van der Waals surface area (Å²) in [5, 5.41) is 18.7. The molecule has 0 fully saturated rings. The summed E-state index contributed by atoms with van der Waals surface area (Å²) < 4.78 is 0. The van der Waals surface area contributed by atoms with Crippen LogP contribution in [0.15, 0.2) is 12.2 Å². The van der Waals surface area contributed by atoms with Gasteiger partial charge in [-0.2, -0.15) is 0 Å². The lowest BCUT2D eigenvalue weighted by molar-refractivity contribution is -0.0173. The van der Waals surface area contributed by atoms with E-state index >= 15 is 0 Å². The van der Waals surface area contributed by atoms with Crippen LogP contribution >= 0.6 is 0 Å². The van der Waals surface area contributed by atoms with Gasteiger partial charge >= 0.3 is 0 Å². The highest BCUT2D eigenvalue weighted by Crippen LogP contribution is 2.40. The summed E-state index contributed by atoms with van der Waals surface area (Å²) in [4.78, 5) is 0. The van der Waals surface area contributed by atoms with Gasteiger partial charge in [-0.1, -0.05) is 19.1 Å². The summed E-state index contributed by atoms with van der Waals surface area (Å²) >= 11 is 0. The standard InChI is InChI=1S/C10H18O2/c1-8(12)10(2)6-4-3-5-9(10)7-11/h3-4,8-9,11-12H,5-7H2,1-2H3. The summed E-state index contributed by atoms with van der Waals surface area (Å²) in [6.45, 7) is 4.02. The van der Waals surface area contributed by atoms with Crippen molar-refractivity contribution in [3.63, 3.8) is 0 Å². The zero-order chi connectivity index (χ0) is 9.19. The molecule has 0 spiro atoms. The van der Waals surface area contributed by atoms with Crippen LogP contribution in [0.4, 0.5) is 0 Å². The highest BCUT2D eigenvalue weighted by molar-refractivity contribution is 5.02. The van der Waals surface area contributed by atoms with Gasteiger partial charge in [0.15, 0.2) is 0 Å². The van der Waals surface area contributed by atoms with Gasteiger partial charge in [0.25, 0.3) is 0 Å². The zero-order valence-corrected chi connectivity index (χ0v) is 7.83. The minimum absolute atomic E-state index is 0.135. The van der Waals surface area contributed by atoms with Crippen molar-refractivity contribution in [2.75, 3.05) is 6.61 Å². The highest BCUT2D eigenvalue weighted by atomic mass is 16.3. The van der Waals surface area contributed by atoms with Crippen molar-refractivity contribution < 1.29 is 10.2 Å². The molecule has 0 saturated carbocycles. The van der Waals surface area contributed by atoms with Gasteiger partial charge in [-0.3, -0.25) is 0 Å². The van der Waals surface area contributed by atoms with Gasteiger partial charge < -0.3 is 10.2 Å². The molecular formula is C10H18O2. The molecule has 0 amide bonds. The second-order valence-corrected chi connectivity index (χ2v) is 3.97. The van der Waals surface area contributed by atoms with Gasteiger partial charge in [-0.05, 0) is 25.7 Å². The van der Waals surface area contributed by atoms with Gasteiger partial charge in [-0.15, -0.1) is 0 Å². The minimum Gasteiger partial charge on any atom is -0.396 e. The van der Waals surface area contributed by atoms with E-state index in [1.54, 1.807) is 0 Å². The first-order chi connectivity index (χ1) is 5.61. The summed E-state index contributed by atoms with van der Waals surface area (Å²) in [6, 6.07) is 0. The fraction of sp³-hybridized carbons (Fsp3) is 0.800. The summed E-state index contributed by atoms with van der Waals surface area (Å²) in [5.74, 6) is 0.211. The SMILES string of the molecule is CC(O)C1(C)CC=CCC1CO. The van der Waals surface area contributed by atoms with Crippen molar-refractivity contribution in [3.8, 4) is 0 Å². The van der Waals surface area contributed by atoms with Crippen LogP contribution in [0.25, 0.3) is 0 Å². The predicted molar refractivity (Wildman–Crippen MR) is 48.7 cm³/mol. The van der Waals surface area contributed by atoms with Gasteiger partial charge in [0, 0.05) is 12.0 Å². The van der Waals surface area contributed by atoms with Crippen LogP contribution in [-0.2, 0) is 0 Å². The van der Waals surface area contributed by atoms with E-state index in [-0.39, 0.29) is 24.0 Å². The maximum Gasteiger partial charge on any atom is 0.0572 e. The number of aliphatic hydroxyl groups is 2. The molecule has 0 aromatic heterocycles. The molecule has 12 heavy (non-hydrogen) atoms. The van der Waals surface area contributed by atoms with E-state index in [4.69, 9.17) is 5.11 Å². The highest BCUT2D eigenvalue weighted by Gasteiger charge is 2.38. The van der Waals surface area contributed by atoms with Crippen molar-refractivity contribution in [2.45, 2.75) is 32.8 Å². The molecule has 0 saturated heterocycles. The molecule has 70 valence electrons. The molecule has 2 nitrogen and oxygen atoms in total. The largest absolute Gasteiger partial charge is 0.396 e. The molecule has 2 N–H and O–H groups in total. The van der Waals surface area contributed by atoms with E-state index in [9.17, 15) is 5.11 Å². The first-order valence-corrected chi connectivity index (χ1v) is 4.55. The van der Waals surface area contributed by atoms with Crippen LogP contribution in [0.1, 0.15) is 26.7 Å². The molecule has 2 heteroatoms. The Balaban J connectivity index is 2.78. The van der Waals surface area contributed by atoms with Gasteiger partial charge in [0.05, 0.1) is 6.10 Å². The second-order valence-electron chi connectivity index (χ2n) is 3.97. The van der Waals surface area contributed by atoms with Crippen molar-refractivity contribution in [1.82, 2.24) is 0 Å². The van der Waals surface area contributed by atoms with Crippen LogP contribution in [-0.4, -0.2) is 22.9 Å². The maximum absolute atomic E-state index is 9.59. The topological polar surface area (TPSA) is 40.5 Å². The van der Waals surface area contributed by atoms with Crippen molar-refractivity contribution in [2.24, 2.45) is 11.3 Å². The van der Waals surface area contributed by atoms with E-state index in [1.165, 1.54) is 0 Å². The lowest BCUT2D eigenvalue weighted by atomic mass is 9.67. The van der Waals surface area contributed by atoms with Crippen molar-refractivity contribution in [1.29, 1.82) is 0 Å². The normalized spacial score (nSPS) is 38.2. The first kappa shape index (κ1) is 9.75. The monoisotopic (exact) mass is 170 g/mol.